The molecule has 0 saturated carbocycles. The van der Waals surface area contributed by atoms with Crippen LogP contribution in [-0.2, 0) is 16.0 Å². The number of halogens is 3. The van der Waals surface area contributed by atoms with Crippen molar-refractivity contribution in [3.8, 4) is 0 Å². The fraction of sp³-hybridized carbons (Fsp3) is 0.529. The fourth-order valence-electron chi connectivity index (χ4n) is 2.77. The van der Waals surface area contributed by atoms with Gasteiger partial charge in [-0.3, -0.25) is 9.59 Å². The van der Waals surface area contributed by atoms with E-state index in [-0.39, 0.29) is 24.9 Å². The van der Waals surface area contributed by atoms with Crippen molar-refractivity contribution in [2.45, 2.75) is 31.9 Å². The van der Waals surface area contributed by atoms with E-state index in [2.05, 4.69) is 5.32 Å². The first kappa shape index (κ1) is 18.3. The number of amides is 2. The van der Waals surface area contributed by atoms with E-state index in [0.29, 0.717) is 32.2 Å². The van der Waals surface area contributed by atoms with Crippen molar-refractivity contribution in [1.29, 1.82) is 0 Å². The molecular weight excluding hydrogens is 321 g/mol. The van der Waals surface area contributed by atoms with E-state index in [1.165, 1.54) is 0 Å². The van der Waals surface area contributed by atoms with E-state index < -0.39 is 12.1 Å². The highest BCUT2D eigenvalue weighted by atomic mass is 19.4. The van der Waals surface area contributed by atoms with Gasteiger partial charge in [0.25, 0.3) is 0 Å². The van der Waals surface area contributed by atoms with Crippen molar-refractivity contribution >= 4 is 11.8 Å². The number of benzene rings is 1. The highest BCUT2D eigenvalue weighted by molar-refractivity contribution is 5.81. The first-order valence-corrected chi connectivity index (χ1v) is 8.03. The van der Waals surface area contributed by atoms with Gasteiger partial charge in [-0.2, -0.15) is 13.2 Å². The van der Waals surface area contributed by atoms with Gasteiger partial charge in [0.15, 0.2) is 0 Å². The Morgan fingerprint density at radius 2 is 1.75 bits per heavy atom. The molecule has 24 heavy (non-hydrogen) atoms. The van der Waals surface area contributed by atoms with Gasteiger partial charge in [-0.1, -0.05) is 30.3 Å². The minimum atomic E-state index is -4.81. The first-order chi connectivity index (χ1) is 11.4. The Kier molecular flexibility index (Phi) is 6.23. The van der Waals surface area contributed by atoms with Gasteiger partial charge in [-0.05, 0) is 30.7 Å². The molecule has 0 unspecified atom stereocenters. The second-order valence-electron chi connectivity index (χ2n) is 6.02. The smallest absolute Gasteiger partial charge is 0.356 e. The molecule has 1 aliphatic heterocycles. The number of hydrogen-bond donors (Lipinski definition) is 1. The van der Waals surface area contributed by atoms with Crippen LogP contribution in [0.4, 0.5) is 13.2 Å². The lowest BCUT2D eigenvalue weighted by Crippen LogP contribution is -2.46. The highest BCUT2D eigenvalue weighted by Crippen LogP contribution is 2.23. The Labute approximate surface area is 139 Å². The molecule has 1 aromatic rings. The van der Waals surface area contributed by atoms with Gasteiger partial charge >= 0.3 is 12.1 Å². The van der Waals surface area contributed by atoms with Crippen molar-refractivity contribution in [1.82, 2.24) is 10.2 Å². The predicted octanol–water partition coefficient (Wildman–Crippen LogP) is 2.54. The standard InChI is InChI=1S/C17H21F3N2O2/c18-17(19,20)16(24)22-10-8-14(9-11-22)12-21-15(23)7-6-13-4-2-1-3-5-13/h1-5,14H,6-12H2,(H,21,23). The third-order valence-corrected chi connectivity index (χ3v) is 4.22. The van der Waals surface area contributed by atoms with Crippen molar-refractivity contribution < 1.29 is 22.8 Å². The molecule has 2 rings (SSSR count). The molecule has 0 bridgehead atoms. The Bertz CT molecular complexity index is 553. The summed E-state index contributed by atoms with van der Waals surface area (Å²) in [6.07, 6.45) is -2.82. The largest absolute Gasteiger partial charge is 0.471 e. The molecule has 4 nitrogen and oxygen atoms in total. The summed E-state index contributed by atoms with van der Waals surface area (Å²) in [5.74, 6) is -1.72. The lowest BCUT2D eigenvalue weighted by Gasteiger charge is -2.32. The molecule has 0 radical (unpaired) electrons. The number of piperidine rings is 1. The summed E-state index contributed by atoms with van der Waals surface area (Å²) < 4.78 is 37.1. The molecule has 1 aromatic carbocycles. The Morgan fingerprint density at radius 1 is 1.12 bits per heavy atom. The molecule has 7 heteroatoms. The number of carbonyl (C=O) groups excluding carboxylic acids is 2. The Morgan fingerprint density at radius 3 is 2.33 bits per heavy atom. The van der Waals surface area contributed by atoms with Crippen LogP contribution in [0.5, 0.6) is 0 Å². The number of nitrogens with zero attached hydrogens (tertiary/aromatic N) is 1. The maximum Gasteiger partial charge on any atom is 0.471 e. The summed E-state index contributed by atoms with van der Waals surface area (Å²) in [4.78, 5) is 23.8. The van der Waals surface area contributed by atoms with E-state index in [0.717, 1.165) is 10.5 Å². The molecule has 2 amide bonds. The number of nitrogens with one attached hydrogen (secondary N) is 1. The van der Waals surface area contributed by atoms with Crippen LogP contribution in [0.3, 0.4) is 0 Å². The van der Waals surface area contributed by atoms with Crippen LogP contribution in [0.25, 0.3) is 0 Å². The van der Waals surface area contributed by atoms with Crippen LogP contribution in [0.1, 0.15) is 24.8 Å². The molecule has 0 spiro atoms. The summed E-state index contributed by atoms with van der Waals surface area (Å²) >= 11 is 0. The summed E-state index contributed by atoms with van der Waals surface area (Å²) in [5.41, 5.74) is 1.09. The van der Waals surface area contributed by atoms with Gasteiger partial charge < -0.3 is 10.2 Å². The van der Waals surface area contributed by atoms with Crippen LogP contribution < -0.4 is 5.32 Å². The number of hydrogen-bond acceptors (Lipinski definition) is 2. The van der Waals surface area contributed by atoms with Gasteiger partial charge in [0.05, 0.1) is 0 Å². The SMILES string of the molecule is O=C(CCc1ccccc1)NCC1CCN(C(=O)C(F)(F)F)CC1. The average Bonchev–Trinajstić information content (AvgIpc) is 2.58. The monoisotopic (exact) mass is 342 g/mol. The van der Waals surface area contributed by atoms with Gasteiger partial charge in [-0.15, -0.1) is 0 Å². The third-order valence-electron chi connectivity index (χ3n) is 4.22. The number of rotatable bonds is 5. The van der Waals surface area contributed by atoms with Gasteiger partial charge in [0.2, 0.25) is 5.91 Å². The molecule has 0 aliphatic carbocycles. The minimum absolute atomic E-state index is 0.0624. The van der Waals surface area contributed by atoms with Crippen molar-refractivity contribution in [3.63, 3.8) is 0 Å². The predicted molar refractivity (Wildman–Crippen MR) is 83.1 cm³/mol. The lowest BCUT2D eigenvalue weighted by molar-refractivity contribution is -0.186. The highest BCUT2D eigenvalue weighted by Gasteiger charge is 2.43. The fourth-order valence-corrected chi connectivity index (χ4v) is 2.77. The van der Waals surface area contributed by atoms with Gasteiger partial charge in [0, 0.05) is 26.1 Å². The minimum Gasteiger partial charge on any atom is -0.356 e. The average molecular weight is 342 g/mol. The molecule has 0 atom stereocenters. The number of carbonyl (C=O) groups is 2. The zero-order valence-electron chi connectivity index (χ0n) is 13.3. The zero-order valence-corrected chi connectivity index (χ0v) is 13.3. The molecule has 1 fully saturated rings. The molecule has 1 aliphatic rings. The van der Waals surface area contributed by atoms with Crippen LogP contribution >= 0.6 is 0 Å². The van der Waals surface area contributed by atoms with Crippen LogP contribution in [0, 0.1) is 5.92 Å². The number of alkyl halides is 3. The molecule has 0 aromatic heterocycles. The van der Waals surface area contributed by atoms with E-state index in [1.54, 1.807) is 0 Å². The summed E-state index contributed by atoms with van der Waals surface area (Å²) in [7, 11) is 0. The Balaban J connectivity index is 1.65. The van der Waals surface area contributed by atoms with Crippen LogP contribution in [-0.4, -0.2) is 42.5 Å². The summed E-state index contributed by atoms with van der Waals surface area (Å²) in [5, 5.41) is 2.83. The molecule has 132 valence electrons. The molecule has 1 heterocycles. The zero-order chi connectivity index (χ0) is 17.6. The van der Waals surface area contributed by atoms with E-state index >= 15 is 0 Å². The normalized spacial score (nSPS) is 16.0. The third kappa shape index (κ3) is 5.54. The maximum absolute atomic E-state index is 12.4. The molecule has 1 N–H and O–H groups in total. The van der Waals surface area contributed by atoms with Crippen molar-refractivity contribution in [3.05, 3.63) is 35.9 Å². The number of likely N-dealkylation sites (tertiary alicyclic amines) is 1. The first-order valence-electron chi connectivity index (χ1n) is 8.03. The van der Waals surface area contributed by atoms with E-state index in [1.807, 2.05) is 30.3 Å². The van der Waals surface area contributed by atoms with Crippen LogP contribution in [0.2, 0.25) is 0 Å². The quantitative estimate of drug-likeness (QED) is 0.894. The second-order valence-corrected chi connectivity index (χ2v) is 6.02. The maximum atomic E-state index is 12.4. The number of aryl methyl sites for hydroxylation is 1. The van der Waals surface area contributed by atoms with E-state index in [9.17, 15) is 22.8 Å². The van der Waals surface area contributed by atoms with Crippen molar-refractivity contribution in [2.24, 2.45) is 5.92 Å². The van der Waals surface area contributed by atoms with E-state index in [4.69, 9.17) is 0 Å². The summed E-state index contributed by atoms with van der Waals surface area (Å²) in [6, 6.07) is 9.67. The van der Waals surface area contributed by atoms with Crippen LogP contribution in [0.15, 0.2) is 30.3 Å². The topological polar surface area (TPSA) is 49.4 Å². The molecular formula is C17H21F3N2O2. The molecule has 1 saturated heterocycles. The Hall–Kier alpha value is -2.05. The summed E-state index contributed by atoms with van der Waals surface area (Å²) in [6.45, 7) is 0.619. The van der Waals surface area contributed by atoms with Crippen molar-refractivity contribution in [2.75, 3.05) is 19.6 Å². The van der Waals surface area contributed by atoms with Gasteiger partial charge in [0.1, 0.15) is 0 Å². The lowest BCUT2D eigenvalue weighted by atomic mass is 9.96. The second kappa shape index (κ2) is 8.17. The van der Waals surface area contributed by atoms with Gasteiger partial charge in [-0.25, -0.2) is 0 Å².